The molecule has 1 saturated heterocycles. The van der Waals surface area contributed by atoms with E-state index in [-0.39, 0.29) is 11.5 Å². The van der Waals surface area contributed by atoms with Gasteiger partial charge in [0.15, 0.2) is 0 Å². The van der Waals surface area contributed by atoms with Gasteiger partial charge in [-0.2, -0.15) is 0 Å². The first-order chi connectivity index (χ1) is 13.9. The van der Waals surface area contributed by atoms with Crippen molar-refractivity contribution in [1.29, 1.82) is 0 Å². The van der Waals surface area contributed by atoms with Crippen LogP contribution in [0.4, 0.5) is 0 Å². The summed E-state index contributed by atoms with van der Waals surface area (Å²) in [4.78, 5) is 2.72. The Labute approximate surface area is 174 Å². The maximum absolute atomic E-state index is 11.8. The summed E-state index contributed by atoms with van der Waals surface area (Å²) < 4.78 is 26.5. The zero-order valence-electron chi connectivity index (χ0n) is 17.3. The number of benzene rings is 1. The molecule has 6 rings (SSSR count). The second kappa shape index (κ2) is 6.18. The number of fused-ring (bicyclic) bond motifs is 2. The molecule has 29 heavy (non-hydrogen) atoms. The Bertz CT molecular complexity index is 963. The highest BCUT2D eigenvalue weighted by Crippen LogP contribution is 2.75. The maximum atomic E-state index is 11.8. The van der Waals surface area contributed by atoms with E-state index in [1.165, 1.54) is 62.7 Å². The predicted molar refractivity (Wildman–Crippen MR) is 115 cm³/mol. The van der Waals surface area contributed by atoms with Crippen LogP contribution in [0.5, 0.6) is 0 Å². The number of piperidine rings is 1. The number of allylic oxidation sites excluding steroid dienone is 2. The molecule has 0 bridgehead atoms. The normalized spacial score (nSPS) is 39.5. The van der Waals surface area contributed by atoms with Crippen LogP contribution in [-0.2, 0) is 15.4 Å². The van der Waals surface area contributed by atoms with Crippen LogP contribution in [0.1, 0.15) is 55.7 Å². The Hall–Kier alpha value is -1.17. The summed E-state index contributed by atoms with van der Waals surface area (Å²) >= 11 is 0. The van der Waals surface area contributed by atoms with Gasteiger partial charge in [-0.05, 0) is 91.3 Å². The van der Waals surface area contributed by atoms with Gasteiger partial charge in [-0.15, -0.1) is 0 Å². The number of hydrogen-bond donors (Lipinski definition) is 1. The molecule has 2 saturated carbocycles. The summed E-state index contributed by atoms with van der Waals surface area (Å²) in [6.07, 6.45) is 13.6. The number of likely N-dealkylation sites (tertiary alicyclic amines) is 1. The molecule has 1 N–H and O–H groups in total. The fourth-order valence-corrected chi connectivity index (χ4v) is 8.22. The van der Waals surface area contributed by atoms with E-state index in [0.29, 0.717) is 0 Å². The van der Waals surface area contributed by atoms with Crippen molar-refractivity contribution < 1.29 is 8.42 Å². The lowest BCUT2D eigenvalue weighted by Crippen LogP contribution is -2.50. The Morgan fingerprint density at radius 3 is 2.62 bits per heavy atom. The van der Waals surface area contributed by atoms with Gasteiger partial charge in [-0.1, -0.05) is 36.4 Å². The van der Waals surface area contributed by atoms with Crippen molar-refractivity contribution in [1.82, 2.24) is 9.62 Å². The maximum Gasteiger partial charge on any atom is 0.209 e. The molecule has 5 heteroatoms. The summed E-state index contributed by atoms with van der Waals surface area (Å²) in [6.45, 7) is 3.64. The van der Waals surface area contributed by atoms with Crippen LogP contribution in [0, 0.1) is 23.2 Å². The SMILES string of the molecule is CS(=O)(=O)N[C@H]1CCC2(CCN(CC3CC45CC4C=CC35)CC2)c2ccccc21. The van der Waals surface area contributed by atoms with Crippen LogP contribution < -0.4 is 4.72 Å². The molecule has 0 radical (unpaired) electrons. The van der Waals surface area contributed by atoms with Crippen LogP contribution in [-0.4, -0.2) is 39.2 Å². The van der Waals surface area contributed by atoms with Crippen molar-refractivity contribution in [3.8, 4) is 0 Å². The highest BCUT2D eigenvalue weighted by molar-refractivity contribution is 7.88. The lowest BCUT2D eigenvalue weighted by molar-refractivity contribution is 0.0336. The lowest BCUT2D eigenvalue weighted by Gasteiger charge is -2.50. The monoisotopic (exact) mass is 412 g/mol. The summed E-state index contributed by atoms with van der Waals surface area (Å²) in [5.74, 6) is 2.69. The average molecular weight is 413 g/mol. The average Bonchev–Trinajstić information content (AvgIpc) is 3.34. The van der Waals surface area contributed by atoms with Crippen LogP contribution in [0.15, 0.2) is 36.4 Å². The molecule has 1 aromatic carbocycles. The van der Waals surface area contributed by atoms with E-state index in [4.69, 9.17) is 0 Å². The minimum absolute atomic E-state index is 0.0725. The Morgan fingerprint density at radius 2 is 1.90 bits per heavy atom. The molecule has 0 aromatic heterocycles. The van der Waals surface area contributed by atoms with E-state index >= 15 is 0 Å². The Morgan fingerprint density at radius 1 is 1.10 bits per heavy atom. The zero-order chi connectivity index (χ0) is 19.9. The molecule has 4 unspecified atom stereocenters. The largest absolute Gasteiger partial charge is 0.303 e. The molecule has 156 valence electrons. The number of nitrogens with one attached hydrogen (secondary N) is 1. The van der Waals surface area contributed by atoms with Gasteiger partial charge >= 0.3 is 0 Å². The molecule has 4 aliphatic carbocycles. The van der Waals surface area contributed by atoms with Crippen LogP contribution in [0.3, 0.4) is 0 Å². The summed E-state index contributed by atoms with van der Waals surface area (Å²) in [5, 5.41) is 0. The molecule has 2 spiro atoms. The van der Waals surface area contributed by atoms with Gasteiger partial charge in [-0.25, -0.2) is 13.1 Å². The molecule has 0 amide bonds. The van der Waals surface area contributed by atoms with E-state index < -0.39 is 10.0 Å². The molecule has 4 nitrogen and oxygen atoms in total. The van der Waals surface area contributed by atoms with Gasteiger partial charge in [0.2, 0.25) is 10.0 Å². The molecule has 1 heterocycles. The van der Waals surface area contributed by atoms with Gasteiger partial charge in [0, 0.05) is 12.6 Å². The molecule has 3 fully saturated rings. The third-order valence-electron chi connectivity index (χ3n) is 9.02. The zero-order valence-corrected chi connectivity index (χ0v) is 18.1. The second-order valence-corrected chi connectivity index (χ2v) is 12.3. The summed E-state index contributed by atoms with van der Waals surface area (Å²) in [7, 11) is -3.20. The molecule has 5 atom stereocenters. The van der Waals surface area contributed by atoms with Gasteiger partial charge in [0.1, 0.15) is 0 Å². The number of rotatable bonds is 4. The van der Waals surface area contributed by atoms with E-state index in [2.05, 4.69) is 46.0 Å². The molecular formula is C24H32N2O2S. The molecule has 5 aliphatic rings. The summed E-state index contributed by atoms with van der Waals surface area (Å²) in [5.41, 5.74) is 3.56. The van der Waals surface area contributed by atoms with Crippen molar-refractivity contribution in [2.75, 3.05) is 25.9 Å². The van der Waals surface area contributed by atoms with E-state index in [1.54, 1.807) is 0 Å². The first-order valence-corrected chi connectivity index (χ1v) is 13.3. The molecular weight excluding hydrogens is 380 g/mol. The van der Waals surface area contributed by atoms with Crippen molar-refractivity contribution >= 4 is 10.0 Å². The predicted octanol–water partition coefficient (Wildman–Crippen LogP) is 3.62. The van der Waals surface area contributed by atoms with Crippen molar-refractivity contribution in [2.45, 2.75) is 50.0 Å². The summed E-state index contributed by atoms with van der Waals surface area (Å²) in [6, 6.07) is 8.50. The van der Waals surface area contributed by atoms with E-state index in [1.807, 2.05) is 0 Å². The van der Waals surface area contributed by atoms with Crippen LogP contribution in [0.2, 0.25) is 0 Å². The highest BCUT2D eigenvalue weighted by Gasteiger charge is 2.68. The minimum Gasteiger partial charge on any atom is -0.303 e. The lowest BCUT2D eigenvalue weighted by atomic mass is 9.61. The van der Waals surface area contributed by atoms with Gasteiger partial charge < -0.3 is 4.90 Å². The van der Waals surface area contributed by atoms with Crippen molar-refractivity contribution in [2.24, 2.45) is 23.2 Å². The first kappa shape index (κ1) is 18.6. The van der Waals surface area contributed by atoms with E-state index in [0.717, 1.165) is 36.0 Å². The Kier molecular flexibility index (Phi) is 3.96. The fourth-order valence-electron chi connectivity index (χ4n) is 7.46. The van der Waals surface area contributed by atoms with Crippen LogP contribution >= 0.6 is 0 Å². The second-order valence-electron chi connectivity index (χ2n) is 10.6. The highest BCUT2D eigenvalue weighted by atomic mass is 32.2. The van der Waals surface area contributed by atoms with Gasteiger partial charge in [0.25, 0.3) is 0 Å². The van der Waals surface area contributed by atoms with Gasteiger partial charge in [0.05, 0.1) is 6.26 Å². The van der Waals surface area contributed by atoms with Crippen molar-refractivity contribution in [3.63, 3.8) is 0 Å². The molecule has 1 aromatic rings. The van der Waals surface area contributed by atoms with Crippen LogP contribution in [0.25, 0.3) is 0 Å². The smallest absolute Gasteiger partial charge is 0.209 e. The van der Waals surface area contributed by atoms with Crippen molar-refractivity contribution in [3.05, 3.63) is 47.5 Å². The third kappa shape index (κ3) is 2.88. The minimum atomic E-state index is -3.20. The fraction of sp³-hybridized carbons (Fsp3) is 0.667. The number of sulfonamides is 1. The topological polar surface area (TPSA) is 49.4 Å². The first-order valence-electron chi connectivity index (χ1n) is 11.4. The van der Waals surface area contributed by atoms with E-state index in [9.17, 15) is 8.42 Å². The molecule has 1 aliphatic heterocycles. The Balaban J connectivity index is 1.15. The third-order valence-corrected chi connectivity index (χ3v) is 9.74. The van der Waals surface area contributed by atoms with Gasteiger partial charge in [-0.3, -0.25) is 0 Å². The standard InChI is InChI=1S/C24H32N2O2S/c1-29(27,28)25-22-8-9-23(21-5-3-2-4-19(21)22)10-12-26(13-11-23)16-17-14-24-15-18(24)6-7-20(17)24/h2-7,17-18,20,22,25H,8-16H2,1H3/t17?,18?,20?,22-,24?/m0/s1. The quantitative estimate of drug-likeness (QED) is 0.769. The number of nitrogens with zero attached hydrogens (tertiary/aromatic N) is 1. The number of hydrogen-bond acceptors (Lipinski definition) is 3.